The van der Waals surface area contributed by atoms with Crippen LogP contribution in [0.2, 0.25) is 0 Å². The molecule has 0 saturated heterocycles. The molecule has 1 aliphatic rings. The summed E-state index contributed by atoms with van der Waals surface area (Å²) in [4.78, 5) is 16.1. The van der Waals surface area contributed by atoms with Crippen molar-refractivity contribution in [1.29, 1.82) is 0 Å². The molecule has 1 aromatic heterocycles. The number of para-hydroxylation sites is 1. The molecule has 4 rings (SSSR count). The van der Waals surface area contributed by atoms with E-state index in [0.29, 0.717) is 30.3 Å². The largest absolute Gasteiger partial charge is 0.502 e. The van der Waals surface area contributed by atoms with E-state index < -0.39 is 6.04 Å². The number of hydrogen-bond donors (Lipinski definition) is 4. The van der Waals surface area contributed by atoms with Gasteiger partial charge in [-0.25, -0.2) is 0 Å². The number of nitrogens with one attached hydrogen (secondary N) is 3. The summed E-state index contributed by atoms with van der Waals surface area (Å²) in [7, 11) is 4.44. The average molecular weight is 468 g/mol. The Bertz CT molecular complexity index is 1150. The third-order valence-corrected chi connectivity index (χ3v) is 6.34. The van der Waals surface area contributed by atoms with Gasteiger partial charge >= 0.3 is 5.97 Å². The van der Waals surface area contributed by atoms with Gasteiger partial charge in [-0.15, -0.1) is 0 Å². The maximum Gasteiger partial charge on any atom is 0.322 e. The maximum absolute atomic E-state index is 12.5. The van der Waals surface area contributed by atoms with E-state index in [1.807, 2.05) is 12.1 Å². The number of esters is 1. The number of phenols is 1. The van der Waals surface area contributed by atoms with Crippen LogP contribution >= 0.6 is 0 Å². The molecule has 3 atom stereocenters. The molecule has 0 fully saturated rings. The van der Waals surface area contributed by atoms with Crippen molar-refractivity contribution in [1.82, 2.24) is 15.6 Å². The van der Waals surface area contributed by atoms with Crippen LogP contribution in [0.3, 0.4) is 0 Å². The number of benzene rings is 2. The van der Waals surface area contributed by atoms with Crippen molar-refractivity contribution in [2.75, 3.05) is 21.3 Å². The van der Waals surface area contributed by atoms with Crippen LogP contribution in [0.5, 0.6) is 17.2 Å². The molecule has 0 unspecified atom stereocenters. The predicted octanol–water partition coefficient (Wildman–Crippen LogP) is 3.63. The second-order valence-electron chi connectivity index (χ2n) is 9.07. The molecule has 3 aromatic rings. The van der Waals surface area contributed by atoms with Gasteiger partial charge < -0.3 is 24.3 Å². The third-order valence-electron chi connectivity index (χ3n) is 6.34. The zero-order valence-electron chi connectivity index (χ0n) is 20.3. The molecule has 0 saturated carbocycles. The number of ether oxygens (including phenoxy) is 3. The number of methoxy groups -OCH3 is 3. The number of aromatic nitrogens is 1. The molecule has 2 aromatic carbocycles. The van der Waals surface area contributed by atoms with Crippen molar-refractivity contribution >= 4 is 16.9 Å². The lowest BCUT2D eigenvalue weighted by atomic mass is 9.91. The number of carbonyl (C=O) groups excluding carboxylic acids is 1. The second-order valence-corrected chi connectivity index (χ2v) is 9.07. The van der Waals surface area contributed by atoms with Crippen LogP contribution in [0.1, 0.15) is 43.1 Å². The van der Waals surface area contributed by atoms with Gasteiger partial charge in [0, 0.05) is 23.0 Å². The van der Waals surface area contributed by atoms with Gasteiger partial charge in [0.05, 0.1) is 33.5 Å². The summed E-state index contributed by atoms with van der Waals surface area (Å²) in [5, 5.41) is 18.7. The third kappa shape index (κ3) is 4.56. The van der Waals surface area contributed by atoms with Gasteiger partial charge in [0.1, 0.15) is 6.04 Å². The molecule has 0 bridgehead atoms. The summed E-state index contributed by atoms with van der Waals surface area (Å²) in [6, 6.07) is 11.1. The second kappa shape index (κ2) is 9.95. The normalized spacial score (nSPS) is 18.5. The van der Waals surface area contributed by atoms with E-state index in [2.05, 4.69) is 41.6 Å². The van der Waals surface area contributed by atoms with Crippen molar-refractivity contribution < 1.29 is 24.1 Å². The van der Waals surface area contributed by atoms with Crippen LogP contribution in [0.4, 0.5) is 0 Å². The molecular weight excluding hydrogens is 434 g/mol. The first-order chi connectivity index (χ1) is 16.4. The highest BCUT2D eigenvalue weighted by Gasteiger charge is 2.34. The molecule has 1 aliphatic heterocycles. The number of aromatic amines is 1. The molecule has 0 radical (unpaired) electrons. The fourth-order valence-electron chi connectivity index (χ4n) is 4.77. The smallest absolute Gasteiger partial charge is 0.322 e. The Kier molecular flexibility index (Phi) is 7.00. The highest BCUT2D eigenvalue weighted by molar-refractivity contribution is 5.85. The number of aromatic hydroxyl groups is 1. The first kappa shape index (κ1) is 23.9. The molecule has 0 aliphatic carbocycles. The molecule has 8 heteroatoms. The standard InChI is InChI=1S/C26H33N3O5/c1-14(2)10-19(26(31)34-5)27-22-13-17-16-8-6-7-9-18(16)28-24(17)23(29-22)15-11-20(32-3)25(30)21(12-15)33-4/h6-9,11-12,14,19,22-23,27-30H,10,13H2,1-5H3/t19-,22-,23+/m0/s1. The van der Waals surface area contributed by atoms with E-state index >= 15 is 0 Å². The van der Waals surface area contributed by atoms with Crippen LogP contribution in [-0.2, 0) is 16.0 Å². The summed E-state index contributed by atoms with van der Waals surface area (Å²) in [5.41, 5.74) is 4.12. The minimum absolute atomic E-state index is 0.0428. The van der Waals surface area contributed by atoms with Crippen LogP contribution in [0.15, 0.2) is 36.4 Å². The number of rotatable bonds is 8. The van der Waals surface area contributed by atoms with Gasteiger partial charge in [-0.1, -0.05) is 32.0 Å². The topological polar surface area (TPSA) is 105 Å². The fourth-order valence-corrected chi connectivity index (χ4v) is 4.77. The van der Waals surface area contributed by atoms with E-state index in [1.165, 1.54) is 26.9 Å². The van der Waals surface area contributed by atoms with E-state index in [0.717, 1.165) is 22.2 Å². The summed E-state index contributed by atoms with van der Waals surface area (Å²) in [6.45, 7) is 4.17. The number of hydrogen-bond acceptors (Lipinski definition) is 7. The zero-order valence-corrected chi connectivity index (χ0v) is 20.3. The Morgan fingerprint density at radius 2 is 1.82 bits per heavy atom. The highest BCUT2D eigenvalue weighted by Crippen LogP contribution is 2.42. The van der Waals surface area contributed by atoms with E-state index in [4.69, 9.17) is 14.2 Å². The van der Waals surface area contributed by atoms with Gasteiger partial charge in [0.25, 0.3) is 0 Å². The zero-order chi connectivity index (χ0) is 24.4. The van der Waals surface area contributed by atoms with Crippen LogP contribution < -0.4 is 20.1 Å². The van der Waals surface area contributed by atoms with Gasteiger partial charge in [-0.05, 0) is 41.7 Å². The summed E-state index contributed by atoms with van der Waals surface area (Å²) >= 11 is 0. The lowest BCUT2D eigenvalue weighted by Crippen LogP contribution is -2.55. The van der Waals surface area contributed by atoms with Crippen LogP contribution in [0.25, 0.3) is 10.9 Å². The SMILES string of the molecule is COC(=O)[C@H](CC(C)C)N[C@@H]1Cc2c([nH]c3ccccc23)[C@@H](c2cc(OC)c(O)c(OC)c2)N1. The van der Waals surface area contributed by atoms with Gasteiger partial charge in [0.2, 0.25) is 5.75 Å². The first-order valence-electron chi connectivity index (χ1n) is 11.5. The molecule has 0 spiro atoms. The maximum atomic E-state index is 12.5. The summed E-state index contributed by atoms with van der Waals surface area (Å²) in [6.07, 6.45) is 1.16. The monoisotopic (exact) mass is 467 g/mol. The Morgan fingerprint density at radius 3 is 2.44 bits per heavy atom. The molecule has 4 N–H and O–H groups in total. The van der Waals surface area contributed by atoms with Crippen LogP contribution in [-0.4, -0.2) is 49.6 Å². The molecule has 0 amide bonds. The van der Waals surface area contributed by atoms with Crippen LogP contribution in [0, 0.1) is 5.92 Å². The number of fused-ring (bicyclic) bond motifs is 3. The first-order valence-corrected chi connectivity index (χ1v) is 11.5. The average Bonchev–Trinajstić information content (AvgIpc) is 3.21. The number of phenolic OH excluding ortho intramolecular Hbond substituents is 1. The minimum atomic E-state index is -0.432. The quantitative estimate of drug-likeness (QED) is 0.375. The predicted molar refractivity (Wildman–Crippen MR) is 130 cm³/mol. The van der Waals surface area contributed by atoms with Crippen molar-refractivity contribution in [3.8, 4) is 17.2 Å². The molecule has 34 heavy (non-hydrogen) atoms. The van der Waals surface area contributed by atoms with Crippen molar-refractivity contribution in [2.45, 2.75) is 44.9 Å². The number of H-pyrrole nitrogens is 1. The van der Waals surface area contributed by atoms with E-state index in [1.54, 1.807) is 12.1 Å². The summed E-state index contributed by atoms with van der Waals surface area (Å²) < 4.78 is 15.9. The molecule has 8 nitrogen and oxygen atoms in total. The summed E-state index contributed by atoms with van der Waals surface area (Å²) in [5.74, 6) is 0.668. The molecule has 182 valence electrons. The Labute approximate surface area is 199 Å². The fraction of sp³-hybridized carbons (Fsp3) is 0.423. The van der Waals surface area contributed by atoms with E-state index in [-0.39, 0.29) is 23.9 Å². The lowest BCUT2D eigenvalue weighted by molar-refractivity contribution is -0.144. The van der Waals surface area contributed by atoms with Crippen molar-refractivity contribution in [3.63, 3.8) is 0 Å². The minimum Gasteiger partial charge on any atom is -0.502 e. The van der Waals surface area contributed by atoms with Gasteiger partial charge in [-0.2, -0.15) is 0 Å². The lowest BCUT2D eigenvalue weighted by Gasteiger charge is -2.35. The number of carbonyl (C=O) groups is 1. The Balaban J connectivity index is 1.78. The Hall–Kier alpha value is -3.23. The van der Waals surface area contributed by atoms with Crippen molar-refractivity contribution in [3.05, 3.63) is 53.2 Å². The van der Waals surface area contributed by atoms with Crippen molar-refractivity contribution in [2.24, 2.45) is 5.92 Å². The molecular formula is C26H33N3O5. The van der Waals surface area contributed by atoms with E-state index in [9.17, 15) is 9.90 Å². The molecule has 2 heterocycles. The Morgan fingerprint density at radius 1 is 1.15 bits per heavy atom. The highest BCUT2D eigenvalue weighted by atomic mass is 16.5. The van der Waals surface area contributed by atoms with Gasteiger partial charge in [-0.3, -0.25) is 15.4 Å². The van der Waals surface area contributed by atoms with Gasteiger partial charge in [0.15, 0.2) is 11.5 Å².